The van der Waals surface area contributed by atoms with Crippen molar-refractivity contribution in [2.45, 2.75) is 19.3 Å². The van der Waals surface area contributed by atoms with Crippen molar-refractivity contribution in [1.82, 2.24) is 15.0 Å². The Balaban J connectivity index is 1.52. The molecule has 126 valence electrons. The maximum Gasteiger partial charge on any atom is 0.274 e. The summed E-state index contributed by atoms with van der Waals surface area (Å²) in [6.07, 6.45) is 8.57. The molecule has 0 atom stereocenters. The Morgan fingerprint density at radius 3 is 2.52 bits per heavy atom. The van der Waals surface area contributed by atoms with Gasteiger partial charge in [-0.3, -0.25) is 9.78 Å². The standard InChI is InChI=1S/C19H19N5O/c25-18(17-16-7-3-2-6-14(16)8-9-20-17)23-15-12-21-19(22-13-15)24-10-4-1-5-11-24/h2-3,6-9,12-13H,1,4-5,10-11H2,(H,23,25). The van der Waals surface area contributed by atoms with Crippen LogP contribution in [0, 0.1) is 0 Å². The van der Waals surface area contributed by atoms with Crippen molar-refractivity contribution in [3.05, 3.63) is 54.6 Å². The third kappa shape index (κ3) is 3.28. The highest BCUT2D eigenvalue weighted by Gasteiger charge is 2.15. The van der Waals surface area contributed by atoms with E-state index in [1.54, 1.807) is 18.6 Å². The van der Waals surface area contributed by atoms with Gasteiger partial charge in [-0.05, 0) is 30.7 Å². The van der Waals surface area contributed by atoms with Gasteiger partial charge in [-0.1, -0.05) is 24.3 Å². The second kappa shape index (κ2) is 6.84. The molecule has 1 fully saturated rings. The average molecular weight is 333 g/mol. The Morgan fingerprint density at radius 1 is 0.960 bits per heavy atom. The Hall–Kier alpha value is -3.02. The predicted octanol–water partition coefficient (Wildman–Crippen LogP) is 3.27. The molecule has 0 aliphatic carbocycles. The first-order valence-electron chi connectivity index (χ1n) is 8.53. The molecule has 1 N–H and O–H groups in total. The molecule has 6 heteroatoms. The van der Waals surface area contributed by atoms with Crippen molar-refractivity contribution < 1.29 is 4.79 Å². The van der Waals surface area contributed by atoms with E-state index in [-0.39, 0.29) is 5.91 Å². The van der Waals surface area contributed by atoms with Crippen LogP contribution in [0.3, 0.4) is 0 Å². The maximum absolute atomic E-state index is 12.6. The van der Waals surface area contributed by atoms with Gasteiger partial charge in [0, 0.05) is 24.7 Å². The quantitative estimate of drug-likeness (QED) is 0.796. The van der Waals surface area contributed by atoms with Crippen LogP contribution in [-0.2, 0) is 0 Å². The molecule has 1 aromatic carbocycles. The van der Waals surface area contributed by atoms with E-state index in [1.165, 1.54) is 19.3 Å². The van der Waals surface area contributed by atoms with Crippen molar-refractivity contribution >= 4 is 28.3 Å². The van der Waals surface area contributed by atoms with Crippen molar-refractivity contribution in [3.63, 3.8) is 0 Å². The third-order valence-electron chi connectivity index (χ3n) is 4.42. The number of carbonyl (C=O) groups excluding carboxylic acids is 1. The number of pyridine rings is 1. The van der Waals surface area contributed by atoms with E-state index in [0.717, 1.165) is 29.8 Å². The second-order valence-corrected chi connectivity index (χ2v) is 6.15. The van der Waals surface area contributed by atoms with Gasteiger partial charge < -0.3 is 10.2 Å². The van der Waals surface area contributed by atoms with Gasteiger partial charge in [0.1, 0.15) is 5.69 Å². The lowest BCUT2D eigenvalue weighted by molar-refractivity contribution is 0.102. The molecular weight excluding hydrogens is 314 g/mol. The van der Waals surface area contributed by atoms with E-state index >= 15 is 0 Å². The molecule has 1 aliphatic rings. The summed E-state index contributed by atoms with van der Waals surface area (Å²) in [6.45, 7) is 1.98. The van der Waals surface area contributed by atoms with Crippen LogP contribution >= 0.6 is 0 Å². The maximum atomic E-state index is 12.6. The van der Waals surface area contributed by atoms with Crippen molar-refractivity contribution in [3.8, 4) is 0 Å². The van der Waals surface area contributed by atoms with Gasteiger partial charge in [0.15, 0.2) is 0 Å². The number of benzene rings is 1. The van der Waals surface area contributed by atoms with Gasteiger partial charge in [0.05, 0.1) is 18.1 Å². The highest BCUT2D eigenvalue weighted by Crippen LogP contribution is 2.19. The lowest BCUT2D eigenvalue weighted by Gasteiger charge is -2.26. The molecule has 6 nitrogen and oxygen atoms in total. The fraction of sp³-hybridized carbons (Fsp3) is 0.263. The van der Waals surface area contributed by atoms with Crippen LogP contribution in [0.4, 0.5) is 11.6 Å². The number of aromatic nitrogens is 3. The van der Waals surface area contributed by atoms with Crippen LogP contribution in [0.25, 0.3) is 10.8 Å². The van der Waals surface area contributed by atoms with Crippen molar-refractivity contribution in [1.29, 1.82) is 0 Å². The van der Waals surface area contributed by atoms with E-state index in [9.17, 15) is 4.79 Å². The minimum atomic E-state index is -0.258. The molecule has 3 heterocycles. The van der Waals surface area contributed by atoms with Crippen molar-refractivity contribution in [2.24, 2.45) is 0 Å². The summed E-state index contributed by atoms with van der Waals surface area (Å²) < 4.78 is 0. The number of fused-ring (bicyclic) bond motifs is 1. The molecule has 1 aliphatic heterocycles. The smallest absolute Gasteiger partial charge is 0.274 e. The molecule has 0 radical (unpaired) electrons. The minimum Gasteiger partial charge on any atom is -0.341 e. The summed E-state index contributed by atoms with van der Waals surface area (Å²) in [5.74, 6) is 0.465. The summed E-state index contributed by atoms with van der Waals surface area (Å²) in [6, 6.07) is 9.59. The van der Waals surface area contributed by atoms with E-state index in [4.69, 9.17) is 0 Å². The highest BCUT2D eigenvalue weighted by atomic mass is 16.1. The zero-order valence-corrected chi connectivity index (χ0v) is 13.9. The number of piperidine rings is 1. The number of hydrogen-bond acceptors (Lipinski definition) is 5. The molecule has 0 spiro atoms. The molecule has 0 bridgehead atoms. The van der Waals surface area contributed by atoms with Crippen LogP contribution in [-0.4, -0.2) is 33.9 Å². The number of anilines is 2. The van der Waals surface area contributed by atoms with Gasteiger partial charge in [0.25, 0.3) is 5.91 Å². The number of nitrogens with one attached hydrogen (secondary N) is 1. The van der Waals surface area contributed by atoms with Crippen molar-refractivity contribution in [2.75, 3.05) is 23.3 Å². The first kappa shape index (κ1) is 15.5. The molecule has 3 aromatic rings. The molecule has 4 rings (SSSR count). The van der Waals surface area contributed by atoms with Crippen LogP contribution in [0.15, 0.2) is 48.9 Å². The fourth-order valence-corrected chi connectivity index (χ4v) is 3.13. The van der Waals surface area contributed by atoms with E-state index in [0.29, 0.717) is 11.4 Å². The second-order valence-electron chi connectivity index (χ2n) is 6.15. The minimum absolute atomic E-state index is 0.258. The lowest BCUT2D eigenvalue weighted by atomic mass is 10.1. The summed E-state index contributed by atoms with van der Waals surface area (Å²) in [5, 5.41) is 4.65. The van der Waals surface area contributed by atoms with Gasteiger partial charge in [-0.2, -0.15) is 0 Å². The normalized spacial score (nSPS) is 14.5. The number of hydrogen-bond donors (Lipinski definition) is 1. The number of carbonyl (C=O) groups is 1. The van der Waals surface area contributed by atoms with Gasteiger partial charge in [-0.25, -0.2) is 9.97 Å². The first-order chi connectivity index (χ1) is 12.3. The molecule has 25 heavy (non-hydrogen) atoms. The van der Waals surface area contributed by atoms with Crippen LogP contribution < -0.4 is 10.2 Å². The Labute approximate surface area is 145 Å². The lowest BCUT2D eigenvalue weighted by Crippen LogP contribution is -2.30. The van der Waals surface area contributed by atoms with E-state index < -0.39 is 0 Å². The Kier molecular flexibility index (Phi) is 4.24. The molecule has 1 amide bonds. The van der Waals surface area contributed by atoms with E-state index in [2.05, 4.69) is 25.2 Å². The summed E-state index contributed by atoms with van der Waals surface area (Å²) >= 11 is 0. The molecule has 2 aromatic heterocycles. The monoisotopic (exact) mass is 333 g/mol. The van der Waals surface area contributed by atoms with Crippen LogP contribution in [0.5, 0.6) is 0 Å². The molecule has 0 saturated carbocycles. The van der Waals surface area contributed by atoms with E-state index in [1.807, 2.05) is 30.3 Å². The van der Waals surface area contributed by atoms with Gasteiger partial charge in [-0.15, -0.1) is 0 Å². The summed E-state index contributed by atoms with van der Waals surface area (Å²) in [7, 11) is 0. The van der Waals surface area contributed by atoms with Crippen LogP contribution in [0.2, 0.25) is 0 Å². The number of rotatable bonds is 3. The number of amides is 1. The van der Waals surface area contributed by atoms with Gasteiger partial charge >= 0.3 is 0 Å². The average Bonchev–Trinajstić information content (AvgIpc) is 2.69. The zero-order valence-electron chi connectivity index (χ0n) is 13.9. The Bertz CT molecular complexity index is 882. The molecule has 1 saturated heterocycles. The largest absolute Gasteiger partial charge is 0.341 e. The molecule has 0 unspecified atom stereocenters. The van der Waals surface area contributed by atoms with Gasteiger partial charge in [0.2, 0.25) is 5.95 Å². The Morgan fingerprint density at radius 2 is 1.72 bits per heavy atom. The van der Waals surface area contributed by atoms with Crippen LogP contribution in [0.1, 0.15) is 29.8 Å². The fourth-order valence-electron chi connectivity index (χ4n) is 3.13. The third-order valence-corrected chi connectivity index (χ3v) is 4.42. The predicted molar refractivity (Wildman–Crippen MR) is 97.8 cm³/mol. The first-order valence-corrected chi connectivity index (χ1v) is 8.53. The highest BCUT2D eigenvalue weighted by molar-refractivity contribution is 6.11. The SMILES string of the molecule is O=C(Nc1cnc(N2CCCCC2)nc1)c1nccc2ccccc12. The molecular formula is C19H19N5O. The summed E-state index contributed by atoms with van der Waals surface area (Å²) in [4.78, 5) is 27.8. The zero-order chi connectivity index (χ0) is 17.1. The topological polar surface area (TPSA) is 71.0 Å². The summed E-state index contributed by atoms with van der Waals surface area (Å²) in [5.41, 5.74) is 0.971. The number of nitrogens with zero attached hydrogens (tertiary/aromatic N) is 4.